The molecule has 1 rings (SSSR count). The number of amides is 1. The SMILES string of the molecule is CC(C)(C)OC(=O)NC(CCCO)Cc1ccccc1C(F)(F)F. The fourth-order valence-electron chi connectivity index (χ4n) is 2.28. The molecule has 0 aliphatic heterocycles. The Balaban J connectivity index is 2.89. The number of carbonyl (C=O) groups is 1. The molecule has 1 unspecified atom stereocenters. The number of aliphatic hydroxyl groups excluding tert-OH is 1. The lowest BCUT2D eigenvalue weighted by Gasteiger charge is -2.24. The molecule has 0 aliphatic rings. The zero-order valence-electron chi connectivity index (χ0n) is 14.1. The normalized spacial score (nSPS) is 13.5. The molecule has 0 aromatic heterocycles. The zero-order chi connectivity index (χ0) is 18.4. The molecule has 4 nitrogen and oxygen atoms in total. The highest BCUT2D eigenvalue weighted by atomic mass is 19.4. The smallest absolute Gasteiger partial charge is 0.416 e. The number of nitrogens with one attached hydrogen (secondary N) is 1. The van der Waals surface area contributed by atoms with Crippen LogP contribution in [0.2, 0.25) is 0 Å². The molecule has 0 heterocycles. The Morgan fingerprint density at radius 2 is 1.88 bits per heavy atom. The molecule has 0 spiro atoms. The van der Waals surface area contributed by atoms with Crippen molar-refractivity contribution < 1.29 is 27.8 Å². The summed E-state index contributed by atoms with van der Waals surface area (Å²) in [6, 6.07) is 4.71. The topological polar surface area (TPSA) is 58.6 Å². The first-order valence-electron chi connectivity index (χ1n) is 7.78. The first-order chi connectivity index (χ1) is 11.0. The molecule has 0 saturated carbocycles. The van der Waals surface area contributed by atoms with Gasteiger partial charge in [-0.2, -0.15) is 13.2 Å². The highest BCUT2D eigenvalue weighted by Gasteiger charge is 2.33. The second-order valence-corrected chi connectivity index (χ2v) is 6.57. The number of hydrogen-bond donors (Lipinski definition) is 2. The number of halogens is 3. The minimum atomic E-state index is -4.45. The van der Waals surface area contributed by atoms with E-state index in [1.807, 2.05) is 0 Å². The molecule has 0 radical (unpaired) electrons. The van der Waals surface area contributed by atoms with Crippen LogP contribution in [0.1, 0.15) is 44.7 Å². The minimum absolute atomic E-state index is 0.00886. The van der Waals surface area contributed by atoms with E-state index in [1.54, 1.807) is 20.8 Å². The number of carbonyl (C=O) groups excluding carboxylic acids is 1. The van der Waals surface area contributed by atoms with E-state index in [1.165, 1.54) is 18.2 Å². The third kappa shape index (κ3) is 7.21. The van der Waals surface area contributed by atoms with Crippen molar-refractivity contribution >= 4 is 6.09 Å². The van der Waals surface area contributed by atoms with E-state index in [-0.39, 0.29) is 18.6 Å². The summed E-state index contributed by atoms with van der Waals surface area (Å²) in [5, 5.41) is 11.6. The maximum atomic E-state index is 13.1. The zero-order valence-corrected chi connectivity index (χ0v) is 14.1. The lowest BCUT2D eigenvalue weighted by atomic mass is 9.97. The van der Waals surface area contributed by atoms with E-state index >= 15 is 0 Å². The second kappa shape index (κ2) is 8.37. The van der Waals surface area contributed by atoms with Crippen molar-refractivity contribution in [2.75, 3.05) is 6.61 Å². The number of alkyl halides is 3. The molecule has 2 N–H and O–H groups in total. The standard InChI is InChI=1S/C17H24F3NO3/c1-16(2,3)24-15(23)21-13(8-6-10-22)11-12-7-4-5-9-14(12)17(18,19)20/h4-5,7,9,13,22H,6,8,10-11H2,1-3H3,(H,21,23). The van der Waals surface area contributed by atoms with E-state index in [2.05, 4.69) is 5.32 Å². The van der Waals surface area contributed by atoms with Gasteiger partial charge in [-0.3, -0.25) is 0 Å². The van der Waals surface area contributed by atoms with Crippen molar-refractivity contribution in [1.82, 2.24) is 5.32 Å². The Hall–Kier alpha value is -1.76. The Labute approximate surface area is 140 Å². The first kappa shape index (κ1) is 20.3. The maximum Gasteiger partial charge on any atom is 0.416 e. The van der Waals surface area contributed by atoms with Gasteiger partial charge in [0.25, 0.3) is 0 Å². The molecule has 1 aromatic carbocycles. The Morgan fingerprint density at radius 3 is 2.42 bits per heavy atom. The van der Waals surface area contributed by atoms with Gasteiger partial charge in [0.05, 0.1) is 5.56 Å². The van der Waals surface area contributed by atoms with Gasteiger partial charge >= 0.3 is 12.3 Å². The van der Waals surface area contributed by atoms with Gasteiger partial charge in [-0.05, 0) is 51.7 Å². The van der Waals surface area contributed by atoms with Crippen molar-refractivity contribution in [3.05, 3.63) is 35.4 Å². The molecule has 1 atom stereocenters. The summed E-state index contributed by atoms with van der Waals surface area (Å²) < 4.78 is 44.4. The summed E-state index contributed by atoms with van der Waals surface area (Å²) in [6.07, 6.45) is -4.41. The van der Waals surface area contributed by atoms with Crippen LogP contribution >= 0.6 is 0 Å². The summed E-state index contributed by atoms with van der Waals surface area (Å²) in [6.45, 7) is 5.00. The van der Waals surface area contributed by atoms with Gasteiger partial charge in [0.2, 0.25) is 0 Å². The monoisotopic (exact) mass is 347 g/mol. The highest BCUT2D eigenvalue weighted by Crippen LogP contribution is 2.32. The first-order valence-corrected chi connectivity index (χ1v) is 7.78. The molecule has 7 heteroatoms. The minimum Gasteiger partial charge on any atom is -0.444 e. The number of aliphatic hydroxyl groups is 1. The van der Waals surface area contributed by atoms with Crippen LogP contribution < -0.4 is 5.32 Å². The van der Waals surface area contributed by atoms with Crippen LogP contribution in [0, 0.1) is 0 Å². The summed E-state index contributed by atoms with van der Waals surface area (Å²) in [5.41, 5.74) is -1.32. The Morgan fingerprint density at radius 1 is 1.25 bits per heavy atom. The molecular formula is C17H24F3NO3. The molecule has 1 amide bonds. The fourth-order valence-corrected chi connectivity index (χ4v) is 2.28. The third-order valence-corrected chi connectivity index (χ3v) is 3.22. The quantitative estimate of drug-likeness (QED) is 0.820. The highest BCUT2D eigenvalue weighted by molar-refractivity contribution is 5.68. The largest absolute Gasteiger partial charge is 0.444 e. The molecule has 136 valence electrons. The Bertz CT molecular complexity index is 539. The van der Waals surface area contributed by atoms with Gasteiger partial charge in [-0.1, -0.05) is 18.2 Å². The van der Waals surface area contributed by atoms with Gasteiger partial charge in [-0.25, -0.2) is 4.79 Å². The van der Waals surface area contributed by atoms with Crippen LogP contribution in [0.25, 0.3) is 0 Å². The van der Waals surface area contributed by atoms with E-state index in [9.17, 15) is 18.0 Å². The molecule has 0 aliphatic carbocycles. The van der Waals surface area contributed by atoms with Gasteiger partial charge < -0.3 is 15.2 Å². The van der Waals surface area contributed by atoms with Crippen molar-refractivity contribution in [3.8, 4) is 0 Å². The molecule has 0 bridgehead atoms. The van der Waals surface area contributed by atoms with Crippen LogP contribution in [0.3, 0.4) is 0 Å². The Kier molecular flexibility index (Phi) is 7.08. The van der Waals surface area contributed by atoms with E-state index in [0.717, 1.165) is 6.07 Å². The molecule has 0 saturated heterocycles. The van der Waals surface area contributed by atoms with Crippen molar-refractivity contribution in [2.45, 2.75) is 57.9 Å². The lowest BCUT2D eigenvalue weighted by Crippen LogP contribution is -2.40. The van der Waals surface area contributed by atoms with Gasteiger partial charge in [0, 0.05) is 12.6 Å². The van der Waals surface area contributed by atoms with Gasteiger partial charge in [-0.15, -0.1) is 0 Å². The van der Waals surface area contributed by atoms with E-state index in [4.69, 9.17) is 9.84 Å². The van der Waals surface area contributed by atoms with Gasteiger partial charge in [0.1, 0.15) is 5.60 Å². The van der Waals surface area contributed by atoms with Crippen LogP contribution in [-0.2, 0) is 17.3 Å². The number of hydrogen-bond acceptors (Lipinski definition) is 3. The number of benzene rings is 1. The van der Waals surface area contributed by atoms with Crippen LogP contribution in [0.15, 0.2) is 24.3 Å². The predicted molar refractivity (Wildman–Crippen MR) is 84.6 cm³/mol. The van der Waals surface area contributed by atoms with Crippen LogP contribution in [-0.4, -0.2) is 29.4 Å². The summed E-state index contributed by atoms with van der Waals surface area (Å²) in [7, 11) is 0. The molecular weight excluding hydrogens is 323 g/mol. The van der Waals surface area contributed by atoms with Gasteiger partial charge in [0.15, 0.2) is 0 Å². The molecule has 24 heavy (non-hydrogen) atoms. The predicted octanol–water partition coefficient (Wildman–Crippen LogP) is 3.91. The third-order valence-electron chi connectivity index (χ3n) is 3.22. The second-order valence-electron chi connectivity index (χ2n) is 6.57. The fraction of sp³-hybridized carbons (Fsp3) is 0.588. The summed E-state index contributed by atoms with van der Waals surface area (Å²) in [5.74, 6) is 0. The number of rotatable bonds is 6. The van der Waals surface area contributed by atoms with Crippen molar-refractivity contribution in [2.24, 2.45) is 0 Å². The van der Waals surface area contributed by atoms with Crippen molar-refractivity contribution in [1.29, 1.82) is 0 Å². The van der Waals surface area contributed by atoms with E-state index in [0.29, 0.717) is 12.8 Å². The lowest BCUT2D eigenvalue weighted by molar-refractivity contribution is -0.138. The summed E-state index contributed by atoms with van der Waals surface area (Å²) in [4.78, 5) is 11.9. The maximum absolute atomic E-state index is 13.1. The number of alkyl carbamates (subject to hydrolysis) is 1. The van der Waals surface area contributed by atoms with E-state index < -0.39 is 29.5 Å². The average Bonchev–Trinajstić information content (AvgIpc) is 2.42. The average molecular weight is 347 g/mol. The van der Waals surface area contributed by atoms with Crippen LogP contribution in [0.4, 0.5) is 18.0 Å². The number of ether oxygens (including phenoxy) is 1. The van der Waals surface area contributed by atoms with Crippen molar-refractivity contribution in [3.63, 3.8) is 0 Å². The molecule has 1 aromatic rings. The summed E-state index contributed by atoms with van der Waals surface area (Å²) >= 11 is 0. The molecule has 0 fully saturated rings. The van der Waals surface area contributed by atoms with Crippen LogP contribution in [0.5, 0.6) is 0 Å².